The van der Waals surface area contributed by atoms with Gasteiger partial charge in [-0.2, -0.15) is 0 Å². The van der Waals surface area contributed by atoms with Crippen LogP contribution in [-0.4, -0.2) is 42.2 Å². The van der Waals surface area contributed by atoms with E-state index < -0.39 is 10.0 Å². The fourth-order valence-electron chi connectivity index (χ4n) is 2.19. The zero-order valence-electron chi connectivity index (χ0n) is 11.4. The Morgan fingerprint density at radius 1 is 1.25 bits per heavy atom. The lowest BCUT2D eigenvalue weighted by molar-refractivity contribution is 0.120. The smallest absolute Gasteiger partial charge is 0.243 e. The van der Waals surface area contributed by atoms with Crippen LogP contribution in [0.15, 0.2) is 17.3 Å². The molecule has 0 radical (unpaired) electrons. The second-order valence-electron chi connectivity index (χ2n) is 4.90. The number of rotatable bonds is 5. The highest BCUT2D eigenvalue weighted by atomic mass is 32.2. The van der Waals surface area contributed by atoms with Crippen LogP contribution in [-0.2, 0) is 10.0 Å². The van der Waals surface area contributed by atoms with Crippen LogP contribution in [0.25, 0.3) is 0 Å². The van der Waals surface area contributed by atoms with E-state index in [1.807, 2.05) is 6.92 Å². The van der Waals surface area contributed by atoms with Crippen molar-refractivity contribution in [3.8, 4) is 0 Å². The summed E-state index contributed by atoms with van der Waals surface area (Å²) in [5, 5.41) is 12.3. The van der Waals surface area contributed by atoms with E-state index in [1.54, 1.807) is 0 Å². The average Bonchev–Trinajstić information content (AvgIpc) is 2.42. The third-order valence-electron chi connectivity index (χ3n) is 3.29. The molecule has 0 aliphatic heterocycles. The zero-order chi connectivity index (χ0) is 14.6. The molecule has 0 spiro atoms. The molecular weight excluding hydrogens is 280 g/mol. The first-order valence-corrected chi connectivity index (χ1v) is 8.26. The van der Waals surface area contributed by atoms with Crippen LogP contribution in [0.3, 0.4) is 0 Å². The number of hydrogen-bond donors (Lipinski definition) is 3. The molecule has 20 heavy (non-hydrogen) atoms. The summed E-state index contributed by atoms with van der Waals surface area (Å²) in [4.78, 5) is 7.98. The fraction of sp³-hybridized carbons (Fsp3) is 0.667. The molecule has 0 saturated heterocycles. The van der Waals surface area contributed by atoms with Gasteiger partial charge in [0, 0.05) is 12.6 Å². The number of aliphatic hydroxyl groups is 1. The Morgan fingerprint density at radius 3 is 2.40 bits per heavy atom. The second-order valence-corrected chi connectivity index (χ2v) is 6.61. The van der Waals surface area contributed by atoms with E-state index in [1.165, 1.54) is 12.4 Å². The number of hydrogen-bond acceptors (Lipinski definition) is 6. The van der Waals surface area contributed by atoms with Crippen molar-refractivity contribution in [2.75, 3.05) is 11.9 Å². The standard InChI is InChI=1S/C12H20N4O3S/c1-2-13-12-14-7-11(8-15-12)20(18,19)16-9-3-5-10(17)6-4-9/h7-10,16-17H,2-6H2,1H3,(H,13,14,15). The summed E-state index contributed by atoms with van der Waals surface area (Å²) >= 11 is 0. The van der Waals surface area contributed by atoms with E-state index in [0.29, 0.717) is 38.2 Å². The summed E-state index contributed by atoms with van der Waals surface area (Å²) in [5.41, 5.74) is 0. The molecule has 1 aliphatic rings. The monoisotopic (exact) mass is 300 g/mol. The molecule has 8 heteroatoms. The van der Waals surface area contributed by atoms with E-state index in [-0.39, 0.29) is 17.0 Å². The lowest BCUT2D eigenvalue weighted by Crippen LogP contribution is -2.38. The summed E-state index contributed by atoms with van der Waals surface area (Å²) in [5.74, 6) is 0.409. The van der Waals surface area contributed by atoms with Crippen LogP contribution in [0.1, 0.15) is 32.6 Å². The SMILES string of the molecule is CCNc1ncc(S(=O)(=O)NC2CCC(O)CC2)cn1. The van der Waals surface area contributed by atoms with E-state index >= 15 is 0 Å². The molecule has 0 unspecified atom stereocenters. The van der Waals surface area contributed by atoms with E-state index in [4.69, 9.17) is 0 Å². The Balaban J connectivity index is 2.02. The van der Waals surface area contributed by atoms with Crippen LogP contribution in [0, 0.1) is 0 Å². The van der Waals surface area contributed by atoms with Gasteiger partial charge < -0.3 is 10.4 Å². The van der Waals surface area contributed by atoms with E-state index in [2.05, 4.69) is 20.0 Å². The number of anilines is 1. The van der Waals surface area contributed by atoms with Crippen LogP contribution in [0.4, 0.5) is 5.95 Å². The van der Waals surface area contributed by atoms with Gasteiger partial charge in [0.15, 0.2) is 0 Å². The minimum absolute atomic E-state index is 0.0604. The van der Waals surface area contributed by atoms with Gasteiger partial charge in [-0.15, -0.1) is 0 Å². The van der Waals surface area contributed by atoms with Gasteiger partial charge in [0.05, 0.1) is 18.5 Å². The van der Waals surface area contributed by atoms with Crippen molar-refractivity contribution >= 4 is 16.0 Å². The molecule has 112 valence electrons. The third kappa shape index (κ3) is 3.87. The lowest BCUT2D eigenvalue weighted by Gasteiger charge is -2.25. The van der Waals surface area contributed by atoms with E-state index in [0.717, 1.165) is 0 Å². The summed E-state index contributed by atoms with van der Waals surface area (Å²) in [7, 11) is -3.59. The molecule has 2 rings (SSSR count). The highest BCUT2D eigenvalue weighted by molar-refractivity contribution is 7.89. The maximum absolute atomic E-state index is 12.2. The topological polar surface area (TPSA) is 104 Å². The van der Waals surface area contributed by atoms with Gasteiger partial charge in [-0.1, -0.05) is 0 Å². The largest absolute Gasteiger partial charge is 0.393 e. The number of nitrogens with zero attached hydrogens (tertiary/aromatic N) is 2. The van der Waals surface area contributed by atoms with Gasteiger partial charge in [-0.3, -0.25) is 0 Å². The molecule has 3 N–H and O–H groups in total. The highest BCUT2D eigenvalue weighted by Gasteiger charge is 2.25. The van der Waals surface area contributed by atoms with Gasteiger partial charge in [0.1, 0.15) is 4.90 Å². The molecule has 7 nitrogen and oxygen atoms in total. The fourth-order valence-corrected chi connectivity index (χ4v) is 3.38. The Kier molecular flexibility index (Phi) is 4.90. The Labute approximate surface area is 118 Å². The number of sulfonamides is 1. The predicted octanol–water partition coefficient (Wildman–Crippen LogP) is 0.490. The van der Waals surface area contributed by atoms with Crippen molar-refractivity contribution in [3.63, 3.8) is 0 Å². The second kappa shape index (κ2) is 6.47. The predicted molar refractivity (Wildman–Crippen MR) is 74.8 cm³/mol. The molecule has 1 aromatic rings. The quantitative estimate of drug-likeness (QED) is 0.731. The number of aliphatic hydroxyl groups excluding tert-OH is 1. The zero-order valence-corrected chi connectivity index (χ0v) is 12.2. The Morgan fingerprint density at radius 2 is 1.85 bits per heavy atom. The van der Waals surface area contributed by atoms with Crippen LogP contribution in [0.5, 0.6) is 0 Å². The normalized spacial score (nSPS) is 23.5. The van der Waals surface area contributed by atoms with Crippen molar-refractivity contribution in [1.82, 2.24) is 14.7 Å². The summed E-state index contributed by atoms with van der Waals surface area (Å²) in [6.45, 7) is 2.59. The van der Waals surface area contributed by atoms with Crippen molar-refractivity contribution in [3.05, 3.63) is 12.4 Å². The summed E-state index contributed by atoms with van der Waals surface area (Å²) in [6, 6.07) is -0.128. The maximum Gasteiger partial charge on any atom is 0.243 e. The number of nitrogens with one attached hydrogen (secondary N) is 2. The van der Waals surface area contributed by atoms with E-state index in [9.17, 15) is 13.5 Å². The third-order valence-corrected chi connectivity index (χ3v) is 4.77. The molecule has 1 aliphatic carbocycles. The van der Waals surface area contributed by atoms with Crippen molar-refractivity contribution in [1.29, 1.82) is 0 Å². The number of aromatic nitrogens is 2. The molecule has 0 atom stereocenters. The van der Waals surface area contributed by atoms with Crippen LogP contribution in [0.2, 0.25) is 0 Å². The maximum atomic E-state index is 12.2. The Bertz CT molecular complexity index is 524. The molecular formula is C12H20N4O3S. The van der Waals surface area contributed by atoms with Crippen molar-refractivity contribution in [2.24, 2.45) is 0 Å². The Hall–Kier alpha value is -1.25. The first-order valence-electron chi connectivity index (χ1n) is 6.77. The minimum atomic E-state index is -3.59. The molecule has 1 heterocycles. The van der Waals surface area contributed by atoms with Gasteiger partial charge in [0.25, 0.3) is 0 Å². The molecule has 1 fully saturated rings. The molecule has 0 aromatic carbocycles. The minimum Gasteiger partial charge on any atom is -0.393 e. The molecule has 1 saturated carbocycles. The van der Waals surface area contributed by atoms with Gasteiger partial charge >= 0.3 is 0 Å². The molecule has 1 aromatic heterocycles. The molecule has 0 bridgehead atoms. The first kappa shape index (κ1) is 15.1. The summed E-state index contributed by atoms with van der Waals surface area (Å²) < 4.78 is 27.0. The van der Waals surface area contributed by atoms with Gasteiger partial charge in [0.2, 0.25) is 16.0 Å². The summed E-state index contributed by atoms with van der Waals surface area (Å²) in [6.07, 6.45) is 4.84. The van der Waals surface area contributed by atoms with Crippen LogP contribution < -0.4 is 10.0 Å². The van der Waals surface area contributed by atoms with Gasteiger partial charge in [-0.25, -0.2) is 23.1 Å². The highest BCUT2D eigenvalue weighted by Crippen LogP contribution is 2.20. The van der Waals surface area contributed by atoms with Crippen LogP contribution >= 0.6 is 0 Å². The van der Waals surface area contributed by atoms with Crippen molar-refractivity contribution < 1.29 is 13.5 Å². The lowest BCUT2D eigenvalue weighted by atomic mass is 9.94. The van der Waals surface area contributed by atoms with Gasteiger partial charge in [-0.05, 0) is 32.6 Å². The first-order chi connectivity index (χ1) is 9.51. The average molecular weight is 300 g/mol. The molecule has 0 amide bonds. The van der Waals surface area contributed by atoms with Crippen molar-refractivity contribution in [2.45, 2.75) is 49.6 Å².